The molecule has 1 amide bonds. The van der Waals surface area contributed by atoms with Crippen LogP contribution in [0, 0.1) is 0 Å². The zero-order chi connectivity index (χ0) is 12.3. The summed E-state index contributed by atoms with van der Waals surface area (Å²) in [5.41, 5.74) is 0.747. The molecule has 0 aliphatic carbocycles. The van der Waals surface area contributed by atoms with Crippen LogP contribution >= 0.6 is 47.5 Å². The average Bonchev–Trinajstić information content (AvgIpc) is 2.82. The van der Waals surface area contributed by atoms with E-state index in [9.17, 15) is 4.79 Å². The maximum Gasteiger partial charge on any atom is 0.242 e. The average molecular weight is 325 g/mol. The molecule has 1 aliphatic rings. The molecule has 0 saturated carbocycles. The third kappa shape index (κ3) is 3.96. The highest BCUT2D eigenvalue weighted by Crippen LogP contribution is 2.28. The Morgan fingerprint density at radius 3 is 2.94 bits per heavy atom. The minimum atomic E-state index is -0.0981. The van der Waals surface area contributed by atoms with Crippen LogP contribution in [0.1, 0.15) is 0 Å². The second kappa shape index (κ2) is 7.50. The van der Waals surface area contributed by atoms with Gasteiger partial charge in [-0.05, 0) is 24.5 Å². The second-order valence-corrected chi connectivity index (χ2v) is 5.90. The molecule has 1 fully saturated rings. The van der Waals surface area contributed by atoms with E-state index < -0.39 is 0 Å². The van der Waals surface area contributed by atoms with E-state index in [4.69, 9.17) is 11.6 Å². The molecule has 18 heavy (non-hydrogen) atoms. The highest BCUT2D eigenvalue weighted by Gasteiger charge is 2.22. The molecule has 100 valence electrons. The number of carbonyl (C=O) groups excluding carboxylic acids is 1. The predicted molar refractivity (Wildman–Crippen MR) is 83.4 cm³/mol. The zero-order valence-corrected chi connectivity index (χ0v) is 12.9. The summed E-state index contributed by atoms with van der Waals surface area (Å²) in [7, 11) is 0. The van der Waals surface area contributed by atoms with E-state index >= 15 is 0 Å². The van der Waals surface area contributed by atoms with Crippen LogP contribution < -0.4 is 10.6 Å². The molecule has 2 rings (SSSR count). The molecule has 3 nitrogen and oxygen atoms in total. The van der Waals surface area contributed by atoms with Crippen molar-refractivity contribution in [3.8, 4) is 0 Å². The van der Waals surface area contributed by atoms with Gasteiger partial charge in [0.2, 0.25) is 5.91 Å². The number of amides is 1. The van der Waals surface area contributed by atoms with E-state index in [1.807, 2.05) is 18.4 Å². The summed E-state index contributed by atoms with van der Waals surface area (Å²) in [6.07, 6.45) is 1.97. The van der Waals surface area contributed by atoms with Gasteiger partial charge in [-0.2, -0.15) is 0 Å². The summed E-state index contributed by atoms with van der Waals surface area (Å²) in [5.74, 6) is 1.66. The fourth-order valence-corrected chi connectivity index (χ4v) is 3.35. The van der Waals surface area contributed by atoms with Gasteiger partial charge in [-0.15, -0.1) is 35.9 Å². The Morgan fingerprint density at radius 1 is 1.61 bits per heavy atom. The highest BCUT2D eigenvalue weighted by molar-refractivity contribution is 7.99. The molecule has 1 heterocycles. The Hall–Kier alpha value is -0.0700. The van der Waals surface area contributed by atoms with E-state index in [2.05, 4.69) is 10.6 Å². The molecule has 7 heteroatoms. The number of halogens is 2. The van der Waals surface area contributed by atoms with Crippen molar-refractivity contribution in [2.24, 2.45) is 0 Å². The Balaban J connectivity index is 0.00000162. The molecule has 1 unspecified atom stereocenters. The van der Waals surface area contributed by atoms with Gasteiger partial charge in [0.15, 0.2) is 0 Å². The number of anilines is 1. The topological polar surface area (TPSA) is 41.1 Å². The highest BCUT2D eigenvalue weighted by atomic mass is 35.5. The molecule has 1 atom stereocenters. The van der Waals surface area contributed by atoms with E-state index in [1.165, 1.54) is 0 Å². The molecule has 1 aliphatic heterocycles. The van der Waals surface area contributed by atoms with E-state index in [1.54, 1.807) is 29.6 Å². The Labute approximate surface area is 126 Å². The first-order chi connectivity index (χ1) is 8.20. The van der Waals surface area contributed by atoms with Crippen molar-refractivity contribution in [2.45, 2.75) is 10.9 Å². The lowest BCUT2D eigenvalue weighted by atomic mass is 10.2. The van der Waals surface area contributed by atoms with E-state index in [-0.39, 0.29) is 24.4 Å². The van der Waals surface area contributed by atoms with Crippen molar-refractivity contribution >= 4 is 59.1 Å². The number of nitrogens with one attached hydrogen (secondary N) is 2. The molecule has 0 spiro atoms. The van der Waals surface area contributed by atoms with Crippen LogP contribution in [0.25, 0.3) is 0 Å². The number of hydrogen-bond acceptors (Lipinski definition) is 4. The Kier molecular flexibility index (Phi) is 6.66. The minimum Gasteiger partial charge on any atom is -0.325 e. The number of thioether (sulfide) groups is 2. The molecule has 1 saturated heterocycles. The van der Waals surface area contributed by atoms with Crippen LogP contribution in [0.2, 0.25) is 5.02 Å². The summed E-state index contributed by atoms with van der Waals surface area (Å²) in [6, 6.07) is 5.48. The van der Waals surface area contributed by atoms with Crippen molar-refractivity contribution in [1.29, 1.82) is 0 Å². The molecule has 0 bridgehead atoms. The van der Waals surface area contributed by atoms with Crippen LogP contribution in [-0.4, -0.2) is 29.8 Å². The molecule has 1 aromatic rings. The van der Waals surface area contributed by atoms with Crippen LogP contribution in [0.5, 0.6) is 0 Å². The normalized spacial score (nSPS) is 18.2. The number of rotatable bonds is 3. The van der Waals surface area contributed by atoms with Crippen molar-refractivity contribution in [3.05, 3.63) is 23.2 Å². The maximum atomic E-state index is 11.8. The van der Waals surface area contributed by atoms with Crippen LogP contribution in [0.4, 0.5) is 5.69 Å². The maximum absolute atomic E-state index is 11.8. The van der Waals surface area contributed by atoms with Crippen molar-refractivity contribution in [3.63, 3.8) is 0 Å². The van der Waals surface area contributed by atoms with Gasteiger partial charge in [-0.1, -0.05) is 11.6 Å². The lowest BCUT2D eigenvalue weighted by Crippen LogP contribution is -2.37. The standard InChI is InChI=1S/C11H13ClN2OS2.ClH/c1-16-10-3-2-7(4-8(10)12)14-11(15)9-5-17-6-13-9;/h2-4,9,13H,5-6H2,1H3,(H,14,15);1H. The third-order valence-corrected chi connectivity index (χ3v) is 4.61. The van der Waals surface area contributed by atoms with Crippen LogP contribution in [0.3, 0.4) is 0 Å². The van der Waals surface area contributed by atoms with Crippen molar-refractivity contribution in [1.82, 2.24) is 5.32 Å². The molecular weight excluding hydrogens is 311 g/mol. The first-order valence-corrected chi connectivity index (χ1v) is 7.92. The largest absolute Gasteiger partial charge is 0.325 e. The minimum absolute atomic E-state index is 0. The van der Waals surface area contributed by atoms with E-state index in [0.717, 1.165) is 22.2 Å². The Bertz CT molecular complexity index is 426. The lowest BCUT2D eigenvalue weighted by molar-refractivity contribution is -0.117. The summed E-state index contributed by atoms with van der Waals surface area (Å²) in [5, 5.41) is 6.67. The first kappa shape index (κ1) is 16.0. The summed E-state index contributed by atoms with van der Waals surface area (Å²) >= 11 is 9.40. The van der Waals surface area contributed by atoms with Gasteiger partial charge < -0.3 is 5.32 Å². The monoisotopic (exact) mass is 324 g/mol. The van der Waals surface area contributed by atoms with Gasteiger partial charge >= 0.3 is 0 Å². The number of carbonyl (C=O) groups is 1. The fraction of sp³-hybridized carbons (Fsp3) is 0.364. The predicted octanol–water partition coefficient (Wildman–Crippen LogP) is 3.08. The van der Waals surface area contributed by atoms with Gasteiger partial charge in [0.25, 0.3) is 0 Å². The summed E-state index contributed by atoms with van der Waals surface area (Å²) in [4.78, 5) is 12.9. The van der Waals surface area contributed by atoms with Gasteiger partial charge in [-0.25, -0.2) is 0 Å². The molecule has 1 aromatic carbocycles. The lowest BCUT2D eigenvalue weighted by Gasteiger charge is -2.11. The van der Waals surface area contributed by atoms with E-state index in [0.29, 0.717) is 5.02 Å². The quantitative estimate of drug-likeness (QED) is 0.838. The molecule has 2 N–H and O–H groups in total. The Morgan fingerprint density at radius 2 is 2.39 bits per heavy atom. The van der Waals surface area contributed by atoms with Gasteiger partial charge in [0.1, 0.15) is 0 Å². The summed E-state index contributed by atoms with van der Waals surface area (Å²) < 4.78 is 0. The number of hydrogen-bond donors (Lipinski definition) is 2. The third-order valence-electron chi connectivity index (χ3n) is 2.45. The summed E-state index contributed by atoms with van der Waals surface area (Å²) in [6.45, 7) is 0. The SMILES string of the molecule is CSc1ccc(NC(=O)C2CSCN2)cc1Cl.Cl. The smallest absolute Gasteiger partial charge is 0.242 e. The van der Waals surface area contributed by atoms with Crippen LogP contribution in [0.15, 0.2) is 23.1 Å². The molecular formula is C11H14Cl2N2OS2. The van der Waals surface area contributed by atoms with Crippen molar-refractivity contribution < 1.29 is 4.79 Å². The zero-order valence-electron chi connectivity index (χ0n) is 9.73. The van der Waals surface area contributed by atoms with Gasteiger partial charge in [-0.3, -0.25) is 10.1 Å². The van der Waals surface area contributed by atoms with Gasteiger partial charge in [0, 0.05) is 22.2 Å². The molecule has 0 aromatic heterocycles. The van der Waals surface area contributed by atoms with Crippen molar-refractivity contribution in [2.75, 3.05) is 23.2 Å². The van der Waals surface area contributed by atoms with Gasteiger partial charge in [0.05, 0.1) is 11.1 Å². The number of benzene rings is 1. The van der Waals surface area contributed by atoms with Crippen LogP contribution in [-0.2, 0) is 4.79 Å². The second-order valence-electron chi connectivity index (χ2n) is 3.61. The fourth-order valence-electron chi connectivity index (χ4n) is 1.54. The molecule has 0 radical (unpaired) electrons. The first-order valence-electron chi connectivity index (χ1n) is 5.16.